The lowest BCUT2D eigenvalue weighted by Crippen LogP contribution is -2.49. The Labute approximate surface area is 168 Å². The molecule has 2 aromatic rings. The fraction of sp³-hybridized carbons (Fsp3) is 0.526. The molecule has 0 bridgehead atoms. The van der Waals surface area contributed by atoms with Crippen molar-refractivity contribution in [2.45, 2.75) is 37.4 Å². The zero-order valence-electron chi connectivity index (χ0n) is 15.5. The van der Waals surface area contributed by atoms with E-state index < -0.39 is 0 Å². The first-order valence-corrected chi connectivity index (χ1v) is 10.9. The smallest absolute Gasteiger partial charge is 0.233 e. The highest BCUT2D eigenvalue weighted by molar-refractivity contribution is 7.99. The van der Waals surface area contributed by atoms with Crippen molar-refractivity contribution < 1.29 is 4.79 Å². The Bertz CT molecular complexity index is 814. The van der Waals surface area contributed by atoms with Gasteiger partial charge in [-0.3, -0.25) is 4.79 Å². The minimum absolute atomic E-state index is 0.171. The van der Waals surface area contributed by atoms with E-state index in [9.17, 15) is 4.79 Å². The number of piperazine rings is 1. The number of carbonyl (C=O) groups excluding carboxylic acids is 1. The molecule has 2 aliphatic rings. The van der Waals surface area contributed by atoms with Crippen molar-refractivity contribution in [3.05, 3.63) is 35.1 Å². The molecule has 1 aromatic carbocycles. The Balaban J connectivity index is 1.30. The molecule has 0 radical (unpaired) electrons. The Kier molecular flexibility index (Phi) is 5.59. The van der Waals surface area contributed by atoms with Crippen molar-refractivity contribution in [3.8, 4) is 0 Å². The van der Waals surface area contributed by atoms with Gasteiger partial charge >= 0.3 is 0 Å². The van der Waals surface area contributed by atoms with Crippen molar-refractivity contribution in [3.63, 3.8) is 0 Å². The number of hydrogen-bond acceptors (Lipinski definition) is 5. The summed E-state index contributed by atoms with van der Waals surface area (Å²) in [5.41, 5.74) is 1.12. The molecule has 144 valence electrons. The minimum atomic E-state index is 0.171. The second-order valence-electron chi connectivity index (χ2n) is 7.00. The van der Waals surface area contributed by atoms with E-state index in [1.807, 2.05) is 23.1 Å². The average molecular weight is 406 g/mol. The molecule has 0 unspecified atom stereocenters. The summed E-state index contributed by atoms with van der Waals surface area (Å²) in [7, 11) is 0. The molecule has 0 atom stereocenters. The molecule has 2 fully saturated rings. The highest BCUT2D eigenvalue weighted by Gasteiger charge is 2.30. The molecule has 27 heavy (non-hydrogen) atoms. The van der Waals surface area contributed by atoms with Gasteiger partial charge in [0.2, 0.25) is 5.91 Å². The van der Waals surface area contributed by atoms with Crippen LogP contribution in [0.4, 0.5) is 5.69 Å². The third-order valence-corrected chi connectivity index (χ3v) is 6.32. The van der Waals surface area contributed by atoms with Gasteiger partial charge in [0, 0.05) is 49.4 Å². The number of anilines is 1. The van der Waals surface area contributed by atoms with Crippen LogP contribution < -0.4 is 4.90 Å². The Morgan fingerprint density at radius 3 is 2.67 bits per heavy atom. The number of amides is 1. The largest absolute Gasteiger partial charge is 0.368 e. The van der Waals surface area contributed by atoms with E-state index in [-0.39, 0.29) is 5.91 Å². The van der Waals surface area contributed by atoms with Gasteiger partial charge in [0.1, 0.15) is 5.82 Å². The van der Waals surface area contributed by atoms with Gasteiger partial charge in [0.05, 0.1) is 5.75 Å². The molecule has 0 spiro atoms. The van der Waals surface area contributed by atoms with Gasteiger partial charge < -0.3 is 14.4 Å². The van der Waals surface area contributed by atoms with Crippen LogP contribution in [0, 0.1) is 0 Å². The molecule has 1 saturated heterocycles. The third kappa shape index (κ3) is 4.24. The summed E-state index contributed by atoms with van der Waals surface area (Å²) in [6.07, 6.45) is 2.41. The van der Waals surface area contributed by atoms with Crippen molar-refractivity contribution >= 4 is 35.0 Å². The maximum Gasteiger partial charge on any atom is 0.233 e. The van der Waals surface area contributed by atoms with E-state index >= 15 is 0 Å². The number of halogens is 1. The first kappa shape index (κ1) is 18.6. The van der Waals surface area contributed by atoms with Crippen LogP contribution in [0.5, 0.6) is 0 Å². The normalized spacial score (nSPS) is 17.4. The number of thioether (sulfide) groups is 1. The predicted octanol–water partition coefficient (Wildman–Crippen LogP) is 3.27. The molecule has 6 nitrogen and oxygen atoms in total. The molecule has 1 saturated carbocycles. The molecule has 1 aliphatic heterocycles. The molecule has 4 rings (SSSR count). The number of aromatic nitrogens is 3. The van der Waals surface area contributed by atoms with Crippen LogP contribution in [0.15, 0.2) is 29.4 Å². The summed E-state index contributed by atoms with van der Waals surface area (Å²) in [5.74, 6) is 2.24. The molecule has 0 N–H and O–H groups in total. The first-order valence-electron chi connectivity index (χ1n) is 9.50. The Morgan fingerprint density at radius 1 is 1.22 bits per heavy atom. The quantitative estimate of drug-likeness (QED) is 0.690. The van der Waals surface area contributed by atoms with E-state index in [0.717, 1.165) is 54.4 Å². The zero-order valence-corrected chi connectivity index (χ0v) is 17.0. The van der Waals surface area contributed by atoms with Crippen molar-refractivity contribution in [1.82, 2.24) is 19.7 Å². The van der Waals surface area contributed by atoms with Gasteiger partial charge in [-0.05, 0) is 38.0 Å². The van der Waals surface area contributed by atoms with E-state index in [0.29, 0.717) is 11.7 Å². The summed E-state index contributed by atoms with van der Waals surface area (Å²) >= 11 is 7.59. The van der Waals surface area contributed by atoms with Crippen molar-refractivity contribution in [2.24, 2.45) is 0 Å². The SMILES string of the molecule is CCn1c(SCC(=O)N2CCN(c3cccc(Cl)c3)CC2)nnc1C1CC1. The number of benzene rings is 1. The summed E-state index contributed by atoms with van der Waals surface area (Å²) < 4.78 is 2.16. The topological polar surface area (TPSA) is 54.3 Å². The van der Waals surface area contributed by atoms with Gasteiger partial charge in [-0.15, -0.1) is 10.2 Å². The fourth-order valence-electron chi connectivity index (χ4n) is 3.45. The Morgan fingerprint density at radius 2 is 2.00 bits per heavy atom. The van der Waals surface area contributed by atoms with Crippen molar-refractivity contribution in [2.75, 3.05) is 36.8 Å². The summed E-state index contributed by atoms with van der Waals surface area (Å²) in [6, 6.07) is 7.88. The minimum Gasteiger partial charge on any atom is -0.368 e. The predicted molar refractivity (Wildman–Crippen MR) is 109 cm³/mol. The molecule has 1 aliphatic carbocycles. The zero-order chi connectivity index (χ0) is 18.8. The highest BCUT2D eigenvalue weighted by Crippen LogP contribution is 2.40. The third-order valence-electron chi connectivity index (χ3n) is 5.13. The monoisotopic (exact) mass is 405 g/mol. The van der Waals surface area contributed by atoms with Gasteiger partial charge in [-0.2, -0.15) is 0 Å². The highest BCUT2D eigenvalue weighted by atomic mass is 35.5. The molecule has 1 aromatic heterocycles. The molecular weight excluding hydrogens is 382 g/mol. The summed E-state index contributed by atoms with van der Waals surface area (Å²) in [6.45, 7) is 6.09. The Hall–Kier alpha value is -1.73. The van der Waals surface area contributed by atoms with Crippen molar-refractivity contribution in [1.29, 1.82) is 0 Å². The molecule has 8 heteroatoms. The van der Waals surface area contributed by atoms with E-state index in [2.05, 4.69) is 32.7 Å². The molecule has 1 amide bonds. The van der Waals surface area contributed by atoms with E-state index in [1.165, 1.54) is 24.6 Å². The first-order chi connectivity index (χ1) is 13.2. The van der Waals surface area contributed by atoms with Gasteiger partial charge in [-0.1, -0.05) is 29.4 Å². The van der Waals surface area contributed by atoms with Crippen LogP contribution in [-0.2, 0) is 11.3 Å². The van der Waals surface area contributed by atoms with Crippen LogP contribution in [0.25, 0.3) is 0 Å². The van der Waals surface area contributed by atoms with Crippen LogP contribution in [0.2, 0.25) is 5.02 Å². The molecular formula is C19H24ClN5OS. The maximum absolute atomic E-state index is 12.6. The summed E-state index contributed by atoms with van der Waals surface area (Å²) in [4.78, 5) is 16.9. The number of hydrogen-bond donors (Lipinski definition) is 0. The number of nitrogens with zero attached hydrogens (tertiary/aromatic N) is 5. The lowest BCUT2D eigenvalue weighted by molar-refractivity contribution is -0.128. The number of carbonyl (C=O) groups is 1. The maximum atomic E-state index is 12.6. The lowest BCUT2D eigenvalue weighted by atomic mass is 10.2. The summed E-state index contributed by atoms with van der Waals surface area (Å²) in [5, 5.41) is 10.3. The van der Waals surface area contributed by atoms with Crippen LogP contribution >= 0.6 is 23.4 Å². The second-order valence-corrected chi connectivity index (χ2v) is 8.37. The lowest BCUT2D eigenvalue weighted by Gasteiger charge is -2.36. The van der Waals surface area contributed by atoms with Crippen LogP contribution in [0.1, 0.15) is 31.5 Å². The second kappa shape index (κ2) is 8.10. The van der Waals surface area contributed by atoms with E-state index in [4.69, 9.17) is 11.6 Å². The van der Waals surface area contributed by atoms with E-state index in [1.54, 1.807) is 0 Å². The average Bonchev–Trinajstić information content (AvgIpc) is 3.46. The van der Waals surface area contributed by atoms with Gasteiger partial charge in [-0.25, -0.2) is 0 Å². The fourth-order valence-corrected chi connectivity index (χ4v) is 4.55. The van der Waals surface area contributed by atoms with Gasteiger partial charge in [0.25, 0.3) is 0 Å². The number of rotatable bonds is 6. The van der Waals surface area contributed by atoms with Crippen LogP contribution in [-0.4, -0.2) is 57.5 Å². The van der Waals surface area contributed by atoms with Crippen LogP contribution in [0.3, 0.4) is 0 Å². The molecule has 2 heterocycles. The standard InChI is InChI=1S/C19H24ClN5OS/c1-2-25-18(14-6-7-14)21-22-19(25)27-13-17(26)24-10-8-23(9-11-24)16-5-3-4-15(20)12-16/h3-5,12,14H,2,6-11,13H2,1H3. The van der Waals surface area contributed by atoms with Gasteiger partial charge in [0.15, 0.2) is 5.16 Å².